The first-order chi connectivity index (χ1) is 9.17. The lowest BCUT2D eigenvalue weighted by molar-refractivity contribution is 0.416. The summed E-state index contributed by atoms with van der Waals surface area (Å²) >= 11 is 3.46. The van der Waals surface area contributed by atoms with Gasteiger partial charge in [0.15, 0.2) is 5.82 Å². The molecule has 1 saturated carbocycles. The smallest absolute Gasteiger partial charge is 0.165 e. The second kappa shape index (κ2) is 4.81. The maximum atomic E-state index is 5.89. The molecule has 0 saturated heterocycles. The van der Waals surface area contributed by atoms with Gasteiger partial charge in [0.1, 0.15) is 11.6 Å². The second-order valence-electron chi connectivity index (χ2n) is 4.66. The number of aromatic nitrogens is 2. The van der Waals surface area contributed by atoms with Crippen LogP contribution in [0.3, 0.4) is 0 Å². The van der Waals surface area contributed by atoms with Gasteiger partial charge in [-0.1, -0.05) is 15.9 Å². The Labute approximate surface area is 120 Å². The van der Waals surface area contributed by atoms with Crippen molar-refractivity contribution in [2.24, 2.45) is 0 Å². The highest BCUT2D eigenvalue weighted by Crippen LogP contribution is 2.40. The van der Waals surface area contributed by atoms with E-state index in [0.717, 1.165) is 21.5 Å². The van der Waals surface area contributed by atoms with Gasteiger partial charge in [-0.3, -0.25) is 0 Å². The summed E-state index contributed by atoms with van der Waals surface area (Å²) in [6, 6.07) is 7.63. The van der Waals surface area contributed by atoms with Gasteiger partial charge in [-0.15, -0.1) is 0 Å². The van der Waals surface area contributed by atoms with Crippen LogP contribution in [0.5, 0.6) is 5.75 Å². The first-order valence-electron chi connectivity index (χ1n) is 6.16. The van der Waals surface area contributed by atoms with Crippen molar-refractivity contribution in [2.45, 2.75) is 18.8 Å². The van der Waals surface area contributed by atoms with Crippen molar-refractivity contribution in [1.82, 2.24) is 9.97 Å². The molecule has 1 heterocycles. The molecular weight excluding hydrogens is 306 g/mol. The predicted molar refractivity (Wildman–Crippen MR) is 78.1 cm³/mol. The maximum absolute atomic E-state index is 5.89. The van der Waals surface area contributed by atoms with Crippen LogP contribution in [0.15, 0.2) is 28.7 Å². The fourth-order valence-corrected chi connectivity index (χ4v) is 2.41. The Kier molecular flexibility index (Phi) is 3.14. The number of anilines is 1. The largest absolute Gasteiger partial charge is 0.496 e. The van der Waals surface area contributed by atoms with Gasteiger partial charge >= 0.3 is 0 Å². The summed E-state index contributed by atoms with van der Waals surface area (Å²) in [5.41, 5.74) is 7.77. The topological polar surface area (TPSA) is 61.0 Å². The molecule has 98 valence electrons. The number of ether oxygens (including phenoxy) is 1. The van der Waals surface area contributed by atoms with E-state index >= 15 is 0 Å². The second-order valence-corrected chi connectivity index (χ2v) is 5.58. The van der Waals surface area contributed by atoms with E-state index in [0.29, 0.717) is 17.6 Å². The number of halogens is 1. The minimum Gasteiger partial charge on any atom is -0.496 e. The lowest BCUT2D eigenvalue weighted by atomic mass is 10.1. The first-order valence-corrected chi connectivity index (χ1v) is 6.95. The SMILES string of the molecule is COc1ccc(Br)cc1-c1nc(N)cc(C2CC2)n1. The van der Waals surface area contributed by atoms with Crippen LogP contribution in [0, 0.1) is 0 Å². The van der Waals surface area contributed by atoms with E-state index < -0.39 is 0 Å². The molecule has 0 radical (unpaired) electrons. The molecule has 0 amide bonds. The number of benzene rings is 1. The summed E-state index contributed by atoms with van der Waals surface area (Å²) in [5.74, 6) is 2.42. The molecule has 4 nitrogen and oxygen atoms in total. The van der Waals surface area contributed by atoms with Gasteiger partial charge in [0.25, 0.3) is 0 Å². The van der Waals surface area contributed by atoms with Crippen LogP contribution >= 0.6 is 15.9 Å². The van der Waals surface area contributed by atoms with Crippen LogP contribution in [0.1, 0.15) is 24.5 Å². The van der Waals surface area contributed by atoms with Crippen molar-refractivity contribution in [3.63, 3.8) is 0 Å². The van der Waals surface area contributed by atoms with Crippen molar-refractivity contribution >= 4 is 21.7 Å². The normalized spacial score (nSPS) is 14.4. The van der Waals surface area contributed by atoms with E-state index in [1.165, 1.54) is 12.8 Å². The number of nitrogen functional groups attached to an aromatic ring is 1. The summed E-state index contributed by atoms with van der Waals surface area (Å²) in [6.07, 6.45) is 2.37. The molecule has 3 rings (SSSR count). The molecule has 1 aromatic heterocycles. The van der Waals surface area contributed by atoms with Gasteiger partial charge in [0, 0.05) is 22.2 Å². The predicted octanol–water partition coefficient (Wildman–Crippen LogP) is 3.37. The summed E-state index contributed by atoms with van der Waals surface area (Å²) in [7, 11) is 1.64. The van der Waals surface area contributed by atoms with Crippen molar-refractivity contribution < 1.29 is 4.74 Å². The molecule has 0 bridgehead atoms. The van der Waals surface area contributed by atoms with Crippen LogP contribution in [0.2, 0.25) is 0 Å². The molecule has 1 aliphatic rings. The van der Waals surface area contributed by atoms with Crippen LogP contribution in [0.4, 0.5) is 5.82 Å². The van der Waals surface area contributed by atoms with Gasteiger partial charge in [-0.25, -0.2) is 9.97 Å². The molecule has 2 aromatic rings. The summed E-state index contributed by atoms with van der Waals surface area (Å²) in [6.45, 7) is 0. The van der Waals surface area contributed by atoms with Crippen molar-refractivity contribution in [3.8, 4) is 17.1 Å². The van der Waals surface area contributed by atoms with E-state index in [2.05, 4.69) is 25.9 Å². The van der Waals surface area contributed by atoms with E-state index in [4.69, 9.17) is 10.5 Å². The van der Waals surface area contributed by atoms with Crippen LogP contribution in [-0.2, 0) is 0 Å². The number of hydrogen-bond donors (Lipinski definition) is 1. The summed E-state index contributed by atoms with van der Waals surface area (Å²) < 4.78 is 6.33. The maximum Gasteiger partial charge on any atom is 0.165 e. The minimum absolute atomic E-state index is 0.508. The van der Waals surface area contributed by atoms with Crippen LogP contribution < -0.4 is 10.5 Å². The van der Waals surface area contributed by atoms with E-state index in [9.17, 15) is 0 Å². The zero-order valence-electron chi connectivity index (χ0n) is 10.6. The lowest BCUT2D eigenvalue weighted by Gasteiger charge is -2.09. The molecule has 0 spiro atoms. The van der Waals surface area contributed by atoms with Gasteiger partial charge in [0.2, 0.25) is 0 Å². The number of nitrogens with two attached hydrogens (primary N) is 1. The molecule has 0 aliphatic heterocycles. The number of hydrogen-bond acceptors (Lipinski definition) is 4. The first kappa shape index (κ1) is 12.4. The molecule has 2 N–H and O–H groups in total. The minimum atomic E-state index is 0.508. The van der Waals surface area contributed by atoms with E-state index in [1.807, 2.05) is 24.3 Å². The fourth-order valence-electron chi connectivity index (χ4n) is 2.05. The molecule has 1 aromatic carbocycles. The van der Waals surface area contributed by atoms with E-state index in [-0.39, 0.29) is 0 Å². The van der Waals surface area contributed by atoms with Gasteiger partial charge in [-0.2, -0.15) is 0 Å². The summed E-state index contributed by atoms with van der Waals surface area (Å²) in [5, 5.41) is 0. The number of methoxy groups -OCH3 is 1. The third-order valence-corrected chi connectivity index (χ3v) is 3.66. The standard InChI is InChI=1S/C14H14BrN3O/c1-19-12-5-4-9(15)6-10(12)14-17-11(8-2-3-8)7-13(16)18-14/h4-8H,2-3H2,1H3,(H2,16,17,18). The molecule has 1 fully saturated rings. The number of nitrogens with zero attached hydrogens (tertiary/aromatic N) is 2. The molecule has 19 heavy (non-hydrogen) atoms. The Bertz CT molecular complexity index is 626. The Balaban J connectivity index is 2.12. The Morgan fingerprint density at radius 3 is 2.74 bits per heavy atom. The third-order valence-electron chi connectivity index (χ3n) is 3.16. The van der Waals surface area contributed by atoms with Crippen molar-refractivity contribution in [3.05, 3.63) is 34.4 Å². The fraction of sp³-hybridized carbons (Fsp3) is 0.286. The Morgan fingerprint density at radius 1 is 1.26 bits per heavy atom. The zero-order valence-corrected chi connectivity index (χ0v) is 12.1. The zero-order chi connectivity index (χ0) is 13.4. The summed E-state index contributed by atoms with van der Waals surface area (Å²) in [4.78, 5) is 8.95. The van der Waals surface area contributed by atoms with Gasteiger partial charge in [-0.05, 0) is 31.0 Å². The van der Waals surface area contributed by atoms with Gasteiger partial charge < -0.3 is 10.5 Å². The quantitative estimate of drug-likeness (QED) is 0.942. The Morgan fingerprint density at radius 2 is 2.05 bits per heavy atom. The third kappa shape index (κ3) is 2.56. The average Bonchev–Trinajstić information content (AvgIpc) is 3.22. The van der Waals surface area contributed by atoms with Gasteiger partial charge in [0.05, 0.1) is 12.7 Å². The van der Waals surface area contributed by atoms with E-state index in [1.54, 1.807) is 7.11 Å². The van der Waals surface area contributed by atoms with Crippen LogP contribution in [0.25, 0.3) is 11.4 Å². The lowest BCUT2D eigenvalue weighted by Crippen LogP contribution is -2.00. The van der Waals surface area contributed by atoms with Crippen molar-refractivity contribution in [2.75, 3.05) is 12.8 Å². The molecule has 0 atom stereocenters. The van der Waals surface area contributed by atoms with Crippen LogP contribution in [-0.4, -0.2) is 17.1 Å². The Hall–Kier alpha value is -1.62. The molecule has 5 heteroatoms. The average molecular weight is 320 g/mol. The highest BCUT2D eigenvalue weighted by atomic mass is 79.9. The monoisotopic (exact) mass is 319 g/mol. The molecular formula is C14H14BrN3O. The molecule has 1 aliphatic carbocycles. The van der Waals surface area contributed by atoms with Crippen molar-refractivity contribution in [1.29, 1.82) is 0 Å². The highest BCUT2D eigenvalue weighted by molar-refractivity contribution is 9.10. The molecule has 0 unspecified atom stereocenters. The highest BCUT2D eigenvalue weighted by Gasteiger charge is 2.26. The number of rotatable bonds is 3.